The van der Waals surface area contributed by atoms with E-state index in [0.29, 0.717) is 28.3 Å². The summed E-state index contributed by atoms with van der Waals surface area (Å²) in [7, 11) is 3.70. The molecule has 1 aliphatic heterocycles. The van der Waals surface area contributed by atoms with Crippen molar-refractivity contribution in [3.05, 3.63) is 53.8 Å². The smallest absolute Gasteiger partial charge is 0.435 e. The van der Waals surface area contributed by atoms with Gasteiger partial charge in [0.1, 0.15) is 23.6 Å². The lowest BCUT2D eigenvalue weighted by Gasteiger charge is -2.43. The number of carbonyl (C=O) groups is 1. The molecule has 0 saturated carbocycles. The molecule has 224 valence electrons. The Kier molecular flexibility index (Phi) is 8.13. The highest BCUT2D eigenvalue weighted by Gasteiger charge is 2.35. The van der Waals surface area contributed by atoms with E-state index < -0.39 is 17.5 Å². The minimum atomic E-state index is -0.762. The number of hydrogen-bond donors (Lipinski definition) is 0. The van der Waals surface area contributed by atoms with Gasteiger partial charge in [-0.1, -0.05) is 43.3 Å². The van der Waals surface area contributed by atoms with Crippen molar-refractivity contribution in [3.63, 3.8) is 0 Å². The number of nitrogens with zero attached hydrogens (tertiary/aromatic N) is 4. The first-order valence-corrected chi connectivity index (χ1v) is 14.2. The first-order valence-electron chi connectivity index (χ1n) is 14.2. The van der Waals surface area contributed by atoms with Gasteiger partial charge in [0.15, 0.2) is 17.3 Å². The number of halogens is 1. The lowest BCUT2D eigenvalue weighted by atomic mass is 9.70. The van der Waals surface area contributed by atoms with Crippen molar-refractivity contribution in [2.24, 2.45) is 5.41 Å². The number of benzene rings is 2. The van der Waals surface area contributed by atoms with Gasteiger partial charge in [0, 0.05) is 36.7 Å². The summed E-state index contributed by atoms with van der Waals surface area (Å²) in [5.41, 5.74) is 2.80. The van der Waals surface area contributed by atoms with Gasteiger partial charge in [-0.15, -0.1) is 0 Å². The fourth-order valence-corrected chi connectivity index (χ4v) is 5.74. The number of aromatic nitrogens is 3. The Balaban J connectivity index is 1.48. The summed E-state index contributed by atoms with van der Waals surface area (Å²) in [5.74, 6) is 0.139. The van der Waals surface area contributed by atoms with Crippen LogP contribution in [0.2, 0.25) is 0 Å². The molecule has 1 aliphatic rings. The molecule has 9 nitrogen and oxygen atoms in total. The highest BCUT2D eigenvalue weighted by Crippen LogP contribution is 2.42. The van der Waals surface area contributed by atoms with Crippen LogP contribution < -0.4 is 4.74 Å². The van der Waals surface area contributed by atoms with Crippen LogP contribution in [-0.4, -0.2) is 72.0 Å². The number of piperidine rings is 1. The number of likely N-dealkylation sites (tertiary alicyclic amines) is 1. The van der Waals surface area contributed by atoms with Crippen LogP contribution in [0.3, 0.4) is 0 Å². The molecule has 42 heavy (non-hydrogen) atoms. The van der Waals surface area contributed by atoms with Crippen molar-refractivity contribution in [1.82, 2.24) is 19.8 Å². The van der Waals surface area contributed by atoms with Crippen molar-refractivity contribution in [1.29, 1.82) is 0 Å². The summed E-state index contributed by atoms with van der Waals surface area (Å²) in [5, 5.41) is 9.12. The molecule has 0 amide bonds. The average molecular weight is 579 g/mol. The van der Waals surface area contributed by atoms with Crippen molar-refractivity contribution in [3.8, 4) is 28.5 Å². The predicted molar refractivity (Wildman–Crippen MR) is 158 cm³/mol. The molecule has 1 unspecified atom stereocenters. The summed E-state index contributed by atoms with van der Waals surface area (Å²) in [6.07, 6.45) is 0.403. The predicted octanol–water partition coefficient (Wildman–Crippen LogP) is 6.75. The molecule has 0 radical (unpaired) electrons. The van der Waals surface area contributed by atoms with Crippen LogP contribution in [0.5, 0.6) is 5.75 Å². The number of ether oxygens (including phenoxy) is 3. The third kappa shape index (κ3) is 6.19. The quantitative estimate of drug-likeness (QED) is 0.222. The topological polar surface area (TPSA) is 91.9 Å². The molecule has 1 atom stereocenters. The van der Waals surface area contributed by atoms with Gasteiger partial charge in [-0.2, -0.15) is 9.78 Å². The van der Waals surface area contributed by atoms with E-state index in [2.05, 4.69) is 48.2 Å². The van der Waals surface area contributed by atoms with Crippen molar-refractivity contribution in [2.45, 2.75) is 52.6 Å². The van der Waals surface area contributed by atoms with Crippen molar-refractivity contribution in [2.75, 3.05) is 40.5 Å². The highest BCUT2D eigenvalue weighted by atomic mass is 19.1. The van der Waals surface area contributed by atoms with E-state index in [1.54, 1.807) is 26.8 Å². The molecule has 2 aromatic carbocycles. The van der Waals surface area contributed by atoms with Crippen molar-refractivity contribution >= 4 is 17.0 Å². The fourth-order valence-electron chi connectivity index (χ4n) is 5.74. The molecule has 0 N–H and O–H groups in total. The maximum absolute atomic E-state index is 15.1. The zero-order valence-corrected chi connectivity index (χ0v) is 25.4. The SMILES string of the molecule is COCCOc1cc2c(cc1F)c(-c1cc(-c3ccc(C4CCN(C)CC4(C)C)cc3)no1)nn2C(=O)OC(C)(C)C. The van der Waals surface area contributed by atoms with Gasteiger partial charge in [-0.25, -0.2) is 9.18 Å². The van der Waals surface area contributed by atoms with Gasteiger partial charge in [-0.3, -0.25) is 0 Å². The van der Waals surface area contributed by atoms with Gasteiger partial charge in [0.25, 0.3) is 0 Å². The lowest BCUT2D eigenvalue weighted by Crippen LogP contribution is -2.42. The molecule has 3 heterocycles. The van der Waals surface area contributed by atoms with E-state index in [9.17, 15) is 4.79 Å². The molecule has 4 aromatic rings. The second kappa shape index (κ2) is 11.5. The third-order valence-corrected chi connectivity index (χ3v) is 7.62. The van der Waals surface area contributed by atoms with Gasteiger partial charge in [0.2, 0.25) is 0 Å². The minimum Gasteiger partial charge on any atom is -0.488 e. The number of methoxy groups -OCH3 is 1. The molecule has 1 saturated heterocycles. The van der Waals surface area contributed by atoms with Crippen LogP contribution in [0.15, 0.2) is 47.0 Å². The van der Waals surface area contributed by atoms with Crippen LogP contribution >= 0.6 is 0 Å². The third-order valence-electron chi connectivity index (χ3n) is 7.62. The number of hydrogen-bond acceptors (Lipinski definition) is 8. The van der Waals surface area contributed by atoms with Crippen molar-refractivity contribution < 1.29 is 27.9 Å². The average Bonchev–Trinajstić information content (AvgIpc) is 3.53. The Morgan fingerprint density at radius 1 is 1.14 bits per heavy atom. The Hall–Kier alpha value is -3.76. The number of rotatable bonds is 7. The first-order chi connectivity index (χ1) is 19.9. The molecule has 2 aromatic heterocycles. The standard InChI is InChI=1S/C32H39FN4O5/c1-31(2,3)41-30(38)37-26-18-27(40-15-14-39-7)24(33)16-22(26)29(34-37)28-17-25(35-42-28)21-10-8-20(9-11-21)23-12-13-36(6)19-32(23,4)5/h8-11,16-18,23H,12-15,19H2,1-7H3. The highest BCUT2D eigenvalue weighted by molar-refractivity contribution is 5.97. The molecule has 0 aliphatic carbocycles. The van der Waals surface area contributed by atoms with Crippen LogP contribution in [0, 0.1) is 11.2 Å². The van der Waals surface area contributed by atoms with Gasteiger partial charge >= 0.3 is 6.09 Å². The van der Waals surface area contributed by atoms with E-state index >= 15 is 4.39 Å². The molecule has 1 fully saturated rings. The van der Waals surface area contributed by atoms with E-state index in [1.807, 2.05) is 12.1 Å². The summed E-state index contributed by atoms with van der Waals surface area (Å²) in [4.78, 5) is 15.5. The zero-order chi connectivity index (χ0) is 30.2. The van der Waals surface area contributed by atoms with E-state index in [-0.39, 0.29) is 30.1 Å². The normalized spacial score (nSPS) is 17.5. The minimum absolute atomic E-state index is 0.0260. The second-order valence-electron chi connectivity index (χ2n) is 12.6. The Labute approximate surface area is 245 Å². The molecule has 0 spiro atoms. The lowest BCUT2D eigenvalue weighted by molar-refractivity contribution is 0.0523. The summed E-state index contributed by atoms with van der Waals surface area (Å²) >= 11 is 0. The number of fused-ring (bicyclic) bond motifs is 1. The summed E-state index contributed by atoms with van der Waals surface area (Å²) in [6, 6.07) is 12.9. The second-order valence-corrected chi connectivity index (χ2v) is 12.6. The molecule has 10 heteroatoms. The summed E-state index contributed by atoms with van der Waals surface area (Å²) in [6.45, 7) is 12.5. The molecule has 5 rings (SSSR count). The fraction of sp³-hybridized carbons (Fsp3) is 0.469. The molecular weight excluding hydrogens is 539 g/mol. The van der Waals surface area contributed by atoms with Gasteiger partial charge in [-0.05, 0) is 63.7 Å². The van der Waals surface area contributed by atoms with Gasteiger partial charge < -0.3 is 23.6 Å². The zero-order valence-electron chi connectivity index (χ0n) is 25.4. The Bertz CT molecular complexity index is 1570. The van der Waals surface area contributed by atoms with Crippen LogP contribution in [0.4, 0.5) is 9.18 Å². The van der Waals surface area contributed by atoms with Gasteiger partial charge in [0.05, 0.1) is 12.1 Å². The van der Waals surface area contributed by atoms with Crippen LogP contribution in [-0.2, 0) is 9.47 Å². The maximum atomic E-state index is 15.1. The largest absolute Gasteiger partial charge is 0.488 e. The maximum Gasteiger partial charge on any atom is 0.435 e. The first kappa shape index (κ1) is 29.7. The monoisotopic (exact) mass is 578 g/mol. The van der Waals surface area contributed by atoms with E-state index in [4.69, 9.17) is 18.7 Å². The molecular formula is C32H39FN4O5. The van der Waals surface area contributed by atoms with E-state index in [1.165, 1.54) is 24.8 Å². The van der Waals surface area contributed by atoms with Crippen LogP contribution in [0.1, 0.15) is 52.5 Å². The Morgan fingerprint density at radius 3 is 2.55 bits per heavy atom. The molecule has 0 bridgehead atoms. The van der Waals surface area contributed by atoms with Crippen LogP contribution in [0.25, 0.3) is 33.6 Å². The summed E-state index contributed by atoms with van der Waals surface area (Å²) < 4.78 is 38.0. The van der Waals surface area contributed by atoms with E-state index in [0.717, 1.165) is 29.8 Å². The Morgan fingerprint density at radius 2 is 1.88 bits per heavy atom. The number of carbonyl (C=O) groups excluding carboxylic acids is 1.